The highest BCUT2D eigenvalue weighted by atomic mass is 32.1. The molecule has 3 N–H and O–H groups in total. The largest absolute Gasteiger partial charge is 0.389 e. The summed E-state index contributed by atoms with van der Waals surface area (Å²) in [4.78, 5) is 2.49. The molecule has 1 fully saturated rings. The van der Waals surface area contributed by atoms with Crippen LogP contribution in [0.2, 0.25) is 0 Å². The first-order chi connectivity index (χ1) is 8.68. The van der Waals surface area contributed by atoms with Gasteiger partial charge in [-0.05, 0) is 38.1 Å². The molecule has 0 aliphatic carbocycles. The summed E-state index contributed by atoms with van der Waals surface area (Å²) in [5.74, 6) is -0.367. The van der Waals surface area contributed by atoms with E-state index in [0.29, 0.717) is 11.3 Å². The molecule has 1 aromatic carbocycles. The lowest BCUT2D eigenvalue weighted by molar-refractivity contribution is 0.352. The van der Waals surface area contributed by atoms with Crippen LogP contribution >= 0.6 is 12.2 Å². The van der Waals surface area contributed by atoms with Gasteiger partial charge in [0, 0.05) is 18.8 Å². The number of anilines is 1. The van der Waals surface area contributed by atoms with Crippen LogP contribution in [0.1, 0.15) is 18.4 Å². The van der Waals surface area contributed by atoms with Crippen LogP contribution in [-0.2, 0) is 0 Å². The van der Waals surface area contributed by atoms with Crippen LogP contribution in [0.25, 0.3) is 0 Å². The summed E-state index contributed by atoms with van der Waals surface area (Å²) >= 11 is 4.88. The normalized spacial score (nSPS) is 15.8. The highest BCUT2D eigenvalue weighted by Gasteiger charge is 2.13. The first-order valence-electron chi connectivity index (χ1n) is 6.23. The standard InChI is InChI=1S/C13H18FN3S/c14-10-4-3-5-11(12(10)13(15)18)16-6-9-17-7-1-2-8-17/h3-5,16H,1-2,6-9H2,(H2,15,18). The van der Waals surface area contributed by atoms with E-state index in [1.807, 2.05) is 6.07 Å². The minimum atomic E-state index is -0.367. The molecule has 1 aliphatic rings. The van der Waals surface area contributed by atoms with Gasteiger partial charge >= 0.3 is 0 Å². The number of likely N-dealkylation sites (tertiary alicyclic amines) is 1. The summed E-state index contributed by atoms with van der Waals surface area (Å²) in [6, 6.07) is 4.84. The number of nitrogens with one attached hydrogen (secondary N) is 1. The van der Waals surface area contributed by atoms with Crippen molar-refractivity contribution >= 4 is 22.9 Å². The average Bonchev–Trinajstić information content (AvgIpc) is 2.81. The van der Waals surface area contributed by atoms with Crippen molar-refractivity contribution in [3.63, 3.8) is 0 Å². The highest BCUT2D eigenvalue weighted by molar-refractivity contribution is 7.80. The fourth-order valence-corrected chi connectivity index (χ4v) is 2.48. The summed E-state index contributed by atoms with van der Waals surface area (Å²) in [6.07, 6.45) is 2.55. The first kappa shape index (κ1) is 13.2. The van der Waals surface area contributed by atoms with Crippen molar-refractivity contribution in [1.29, 1.82) is 0 Å². The summed E-state index contributed by atoms with van der Waals surface area (Å²) < 4.78 is 13.6. The van der Waals surface area contributed by atoms with Gasteiger partial charge < -0.3 is 16.0 Å². The van der Waals surface area contributed by atoms with Crippen LogP contribution in [0.15, 0.2) is 18.2 Å². The van der Waals surface area contributed by atoms with Gasteiger partial charge in [-0.3, -0.25) is 0 Å². The molecule has 5 heteroatoms. The van der Waals surface area contributed by atoms with Crippen molar-refractivity contribution < 1.29 is 4.39 Å². The quantitative estimate of drug-likeness (QED) is 0.800. The molecule has 3 nitrogen and oxygen atoms in total. The molecular formula is C13H18FN3S. The van der Waals surface area contributed by atoms with Crippen LogP contribution in [0, 0.1) is 5.82 Å². The molecule has 0 aromatic heterocycles. The zero-order valence-corrected chi connectivity index (χ0v) is 11.1. The molecule has 98 valence electrons. The molecule has 1 heterocycles. The van der Waals surface area contributed by atoms with Crippen LogP contribution < -0.4 is 11.1 Å². The molecule has 2 rings (SSSR count). The zero-order chi connectivity index (χ0) is 13.0. The van der Waals surface area contributed by atoms with Crippen LogP contribution in [0.4, 0.5) is 10.1 Å². The summed E-state index contributed by atoms with van der Waals surface area (Å²) in [6.45, 7) is 4.06. The molecule has 1 aromatic rings. The molecule has 0 unspecified atom stereocenters. The number of benzene rings is 1. The first-order valence-corrected chi connectivity index (χ1v) is 6.64. The Balaban J connectivity index is 1.96. The fraction of sp³-hybridized carbons (Fsp3) is 0.462. The second-order valence-electron chi connectivity index (χ2n) is 4.50. The number of hydrogen-bond acceptors (Lipinski definition) is 3. The van der Waals surface area contributed by atoms with E-state index in [-0.39, 0.29) is 10.8 Å². The van der Waals surface area contributed by atoms with E-state index in [2.05, 4.69) is 10.2 Å². The van der Waals surface area contributed by atoms with Gasteiger partial charge in [0.25, 0.3) is 0 Å². The third-order valence-corrected chi connectivity index (χ3v) is 3.41. The molecular weight excluding hydrogens is 249 g/mol. The lowest BCUT2D eigenvalue weighted by Gasteiger charge is -2.17. The molecule has 18 heavy (non-hydrogen) atoms. The highest BCUT2D eigenvalue weighted by Crippen LogP contribution is 2.18. The predicted octanol–water partition coefficient (Wildman–Crippen LogP) is 1.97. The van der Waals surface area contributed by atoms with Crippen molar-refractivity contribution in [1.82, 2.24) is 4.90 Å². The molecule has 0 radical (unpaired) electrons. The van der Waals surface area contributed by atoms with Crippen molar-refractivity contribution in [3.05, 3.63) is 29.6 Å². The molecule has 0 saturated carbocycles. The van der Waals surface area contributed by atoms with E-state index in [1.165, 1.54) is 18.9 Å². The smallest absolute Gasteiger partial charge is 0.135 e. The fourth-order valence-electron chi connectivity index (χ4n) is 2.28. The Morgan fingerprint density at radius 1 is 1.39 bits per heavy atom. The minimum Gasteiger partial charge on any atom is -0.389 e. The molecule has 0 spiro atoms. The summed E-state index contributed by atoms with van der Waals surface area (Å²) in [5.41, 5.74) is 6.55. The summed E-state index contributed by atoms with van der Waals surface area (Å²) in [7, 11) is 0. The topological polar surface area (TPSA) is 41.3 Å². The van der Waals surface area contributed by atoms with Crippen LogP contribution in [0.5, 0.6) is 0 Å². The van der Waals surface area contributed by atoms with Crippen molar-refractivity contribution in [3.8, 4) is 0 Å². The van der Waals surface area contributed by atoms with Gasteiger partial charge in [-0.1, -0.05) is 18.3 Å². The number of halogens is 1. The third kappa shape index (κ3) is 3.17. The number of thiocarbonyl (C=S) groups is 1. The Morgan fingerprint density at radius 3 is 2.78 bits per heavy atom. The van der Waals surface area contributed by atoms with Crippen molar-refractivity contribution in [2.75, 3.05) is 31.5 Å². The van der Waals surface area contributed by atoms with Gasteiger partial charge in [-0.25, -0.2) is 4.39 Å². The maximum atomic E-state index is 13.6. The molecule has 0 amide bonds. The van der Waals surface area contributed by atoms with Gasteiger partial charge in [-0.2, -0.15) is 0 Å². The number of rotatable bonds is 5. The molecule has 1 saturated heterocycles. The molecule has 1 aliphatic heterocycles. The van der Waals surface area contributed by atoms with E-state index >= 15 is 0 Å². The molecule has 0 bridgehead atoms. The second kappa shape index (κ2) is 6.11. The van der Waals surface area contributed by atoms with Crippen molar-refractivity contribution in [2.45, 2.75) is 12.8 Å². The van der Waals surface area contributed by atoms with E-state index < -0.39 is 0 Å². The van der Waals surface area contributed by atoms with Crippen molar-refractivity contribution in [2.24, 2.45) is 5.73 Å². The zero-order valence-electron chi connectivity index (χ0n) is 10.3. The van der Waals surface area contributed by atoms with E-state index in [1.54, 1.807) is 6.07 Å². The maximum absolute atomic E-state index is 13.6. The Bertz CT molecular complexity index is 430. The molecule has 0 atom stereocenters. The van der Waals surface area contributed by atoms with E-state index in [0.717, 1.165) is 26.2 Å². The lowest BCUT2D eigenvalue weighted by atomic mass is 10.1. The number of nitrogens with two attached hydrogens (primary N) is 1. The lowest BCUT2D eigenvalue weighted by Crippen LogP contribution is -2.26. The average molecular weight is 267 g/mol. The van der Waals surface area contributed by atoms with Gasteiger partial charge in [0.15, 0.2) is 0 Å². The van der Waals surface area contributed by atoms with Crippen LogP contribution in [0.3, 0.4) is 0 Å². The minimum absolute atomic E-state index is 0.0942. The van der Waals surface area contributed by atoms with Crippen LogP contribution in [-0.4, -0.2) is 36.1 Å². The van der Waals surface area contributed by atoms with Gasteiger partial charge in [0.05, 0.1) is 5.56 Å². The Kier molecular flexibility index (Phi) is 4.49. The predicted molar refractivity (Wildman–Crippen MR) is 76.5 cm³/mol. The maximum Gasteiger partial charge on any atom is 0.135 e. The second-order valence-corrected chi connectivity index (χ2v) is 4.94. The number of hydrogen-bond donors (Lipinski definition) is 2. The van der Waals surface area contributed by atoms with Gasteiger partial charge in [-0.15, -0.1) is 0 Å². The van der Waals surface area contributed by atoms with E-state index in [9.17, 15) is 4.39 Å². The summed E-state index contributed by atoms with van der Waals surface area (Å²) in [5, 5.41) is 3.21. The Labute approximate surface area is 112 Å². The Morgan fingerprint density at radius 2 is 2.11 bits per heavy atom. The third-order valence-electron chi connectivity index (χ3n) is 3.20. The Hall–Kier alpha value is -1.20. The van der Waals surface area contributed by atoms with Gasteiger partial charge in [0.1, 0.15) is 10.8 Å². The van der Waals surface area contributed by atoms with Gasteiger partial charge in [0.2, 0.25) is 0 Å². The van der Waals surface area contributed by atoms with E-state index in [4.69, 9.17) is 18.0 Å². The monoisotopic (exact) mass is 267 g/mol. The SMILES string of the molecule is NC(=S)c1c(F)cccc1NCCN1CCCC1. The number of nitrogens with zero attached hydrogens (tertiary/aromatic N) is 1.